The number of non-ortho nitro benzene ring substituents is 1. The Kier molecular flexibility index (Phi) is 11.3. The van der Waals surface area contributed by atoms with Gasteiger partial charge in [-0.05, 0) is 71.8 Å². The summed E-state index contributed by atoms with van der Waals surface area (Å²) < 4.78 is 0. The van der Waals surface area contributed by atoms with E-state index in [0.717, 1.165) is 10.5 Å². The van der Waals surface area contributed by atoms with Crippen LogP contribution in [0.15, 0.2) is 138 Å². The predicted molar refractivity (Wildman–Crippen MR) is 190 cm³/mol. The third kappa shape index (κ3) is 8.89. The van der Waals surface area contributed by atoms with Crippen LogP contribution in [0, 0.1) is 10.1 Å². The molecule has 1 unspecified atom stereocenters. The van der Waals surface area contributed by atoms with Gasteiger partial charge in [-0.2, -0.15) is 0 Å². The number of hydrogen-bond donors (Lipinski definition) is 3. The van der Waals surface area contributed by atoms with Gasteiger partial charge in [0.2, 0.25) is 5.91 Å². The quantitative estimate of drug-likeness (QED) is 0.0548. The number of rotatable bonds is 11. The van der Waals surface area contributed by atoms with Crippen molar-refractivity contribution in [1.82, 2.24) is 5.32 Å². The van der Waals surface area contributed by atoms with Crippen LogP contribution in [0.1, 0.15) is 26.7 Å². The monoisotopic (exact) mass is 696 g/mol. The van der Waals surface area contributed by atoms with Crippen molar-refractivity contribution in [2.45, 2.75) is 10.1 Å². The van der Waals surface area contributed by atoms with E-state index in [0.29, 0.717) is 27.5 Å². The summed E-state index contributed by atoms with van der Waals surface area (Å²) >= 11 is 13.8. The van der Waals surface area contributed by atoms with Gasteiger partial charge >= 0.3 is 0 Å². The van der Waals surface area contributed by atoms with Crippen molar-refractivity contribution < 1.29 is 19.3 Å². The fourth-order valence-electron chi connectivity index (χ4n) is 4.46. The number of nitro groups is 1. The second kappa shape index (κ2) is 15.9. The van der Waals surface area contributed by atoms with Crippen molar-refractivity contribution in [3.05, 3.63) is 170 Å². The fourth-order valence-corrected chi connectivity index (χ4v) is 5.84. The Hall–Kier alpha value is -5.42. The van der Waals surface area contributed by atoms with Gasteiger partial charge < -0.3 is 16.0 Å². The topological polar surface area (TPSA) is 130 Å². The van der Waals surface area contributed by atoms with E-state index in [-0.39, 0.29) is 22.3 Å². The van der Waals surface area contributed by atoms with Crippen LogP contribution >= 0.6 is 35.0 Å². The van der Waals surface area contributed by atoms with E-state index in [1.807, 2.05) is 30.3 Å². The molecule has 5 rings (SSSR count). The SMILES string of the molecule is O=C(Nc1ccc(SC(C(=O)Nc2ccc([N+](=O)[O-])cc2)c2ccccc2)cc1)/C(=C/c1cccc(Cl)c1Cl)NC(=O)c1ccccc1. The lowest BCUT2D eigenvalue weighted by atomic mass is 10.1. The van der Waals surface area contributed by atoms with E-state index in [1.54, 1.807) is 72.8 Å². The first-order valence-corrected chi connectivity index (χ1v) is 16.0. The number of hydrogen-bond acceptors (Lipinski definition) is 6. The molecule has 0 aromatic heterocycles. The molecule has 5 aromatic carbocycles. The van der Waals surface area contributed by atoms with Crippen LogP contribution in [0.3, 0.4) is 0 Å². The van der Waals surface area contributed by atoms with Gasteiger partial charge in [-0.1, -0.05) is 83.9 Å². The van der Waals surface area contributed by atoms with Crippen LogP contribution in [0.25, 0.3) is 6.08 Å². The molecule has 1 atom stereocenters. The Morgan fingerprint density at radius 1 is 0.729 bits per heavy atom. The summed E-state index contributed by atoms with van der Waals surface area (Å²) in [7, 11) is 0. The molecule has 0 saturated heterocycles. The van der Waals surface area contributed by atoms with E-state index < -0.39 is 22.0 Å². The van der Waals surface area contributed by atoms with Crippen molar-refractivity contribution in [2.75, 3.05) is 10.6 Å². The summed E-state index contributed by atoms with van der Waals surface area (Å²) in [5, 5.41) is 19.2. The number of benzene rings is 5. The Labute approximate surface area is 290 Å². The lowest BCUT2D eigenvalue weighted by Gasteiger charge is -2.17. The van der Waals surface area contributed by atoms with E-state index in [9.17, 15) is 24.5 Å². The smallest absolute Gasteiger partial charge is 0.272 e. The largest absolute Gasteiger partial charge is 0.325 e. The lowest BCUT2D eigenvalue weighted by molar-refractivity contribution is -0.384. The van der Waals surface area contributed by atoms with Crippen LogP contribution in [0.2, 0.25) is 10.0 Å². The Balaban J connectivity index is 1.33. The minimum atomic E-state index is -0.660. The number of carbonyl (C=O) groups is 3. The Bertz CT molecular complexity index is 1970. The second-order valence-electron chi connectivity index (χ2n) is 10.2. The van der Waals surface area contributed by atoms with E-state index in [4.69, 9.17) is 23.2 Å². The molecule has 0 aliphatic heterocycles. The molecular weight excluding hydrogens is 671 g/mol. The van der Waals surface area contributed by atoms with Gasteiger partial charge in [0.25, 0.3) is 17.5 Å². The van der Waals surface area contributed by atoms with Crippen LogP contribution in [-0.2, 0) is 9.59 Å². The molecule has 0 aliphatic rings. The van der Waals surface area contributed by atoms with E-state index in [1.165, 1.54) is 42.1 Å². The predicted octanol–water partition coefficient (Wildman–Crippen LogP) is 8.78. The highest BCUT2D eigenvalue weighted by atomic mass is 35.5. The van der Waals surface area contributed by atoms with Gasteiger partial charge in [-0.15, -0.1) is 11.8 Å². The summed E-state index contributed by atoms with van der Waals surface area (Å²) in [6.07, 6.45) is 1.45. The molecule has 9 nitrogen and oxygen atoms in total. The molecule has 0 heterocycles. The molecule has 0 saturated carbocycles. The van der Waals surface area contributed by atoms with Gasteiger partial charge in [0.15, 0.2) is 0 Å². The highest BCUT2D eigenvalue weighted by molar-refractivity contribution is 8.00. The zero-order chi connectivity index (χ0) is 34.0. The number of amides is 3. The van der Waals surface area contributed by atoms with Crippen LogP contribution in [-0.4, -0.2) is 22.6 Å². The van der Waals surface area contributed by atoms with Crippen molar-refractivity contribution in [3.8, 4) is 0 Å². The number of halogens is 2. The summed E-state index contributed by atoms with van der Waals surface area (Å²) in [5.74, 6) is -1.40. The molecule has 0 fully saturated rings. The number of thioether (sulfide) groups is 1. The average Bonchev–Trinajstić information content (AvgIpc) is 3.10. The van der Waals surface area contributed by atoms with Gasteiger partial charge in [-0.25, -0.2) is 0 Å². The Morgan fingerprint density at radius 2 is 1.33 bits per heavy atom. The number of nitro benzene ring substituents is 1. The summed E-state index contributed by atoms with van der Waals surface area (Å²) in [5.41, 5.74) is 2.28. The molecule has 3 amide bonds. The van der Waals surface area contributed by atoms with Crippen molar-refractivity contribution >= 4 is 75.8 Å². The zero-order valence-electron chi connectivity index (χ0n) is 24.9. The molecule has 0 aliphatic carbocycles. The third-order valence-electron chi connectivity index (χ3n) is 6.86. The fraction of sp³-hybridized carbons (Fsp3) is 0.0278. The van der Waals surface area contributed by atoms with Crippen molar-refractivity contribution in [3.63, 3.8) is 0 Å². The molecule has 5 aromatic rings. The van der Waals surface area contributed by atoms with Gasteiger partial charge in [0.1, 0.15) is 10.9 Å². The van der Waals surface area contributed by atoms with Crippen LogP contribution < -0.4 is 16.0 Å². The molecule has 0 bridgehead atoms. The highest BCUT2D eigenvalue weighted by Gasteiger charge is 2.23. The van der Waals surface area contributed by atoms with E-state index in [2.05, 4.69) is 16.0 Å². The first-order valence-electron chi connectivity index (χ1n) is 14.4. The summed E-state index contributed by atoms with van der Waals surface area (Å²) in [6.45, 7) is 0. The number of nitrogens with one attached hydrogen (secondary N) is 3. The molecule has 240 valence electrons. The molecule has 3 N–H and O–H groups in total. The standard InChI is InChI=1S/C36H26Cl2N4O5S/c37-30-13-7-12-25(32(30)38)22-31(41-34(43)24-10-5-2-6-11-24)35(44)39-27-16-20-29(21-17-27)48-33(23-8-3-1-4-9-23)36(45)40-26-14-18-28(19-15-26)42(46)47/h1-22,33H,(H,39,44)(H,40,45)(H,41,43)/b31-22-. The molecular formula is C36H26Cl2N4O5S. The Morgan fingerprint density at radius 3 is 1.98 bits per heavy atom. The first-order chi connectivity index (χ1) is 23.2. The first kappa shape index (κ1) is 33.9. The van der Waals surface area contributed by atoms with Gasteiger partial charge in [0.05, 0.1) is 15.0 Å². The maximum absolute atomic E-state index is 13.5. The maximum Gasteiger partial charge on any atom is 0.272 e. The van der Waals surface area contributed by atoms with Crippen molar-refractivity contribution in [2.24, 2.45) is 0 Å². The minimum Gasteiger partial charge on any atom is -0.325 e. The molecule has 12 heteroatoms. The normalized spacial score (nSPS) is 11.7. The molecule has 0 radical (unpaired) electrons. The molecule has 48 heavy (non-hydrogen) atoms. The maximum atomic E-state index is 13.5. The lowest BCUT2D eigenvalue weighted by Crippen LogP contribution is -2.30. The third-order valence-corrected chi connectivity index (χ3v) is 8.96. The van der Waals surface area contributed by atoms with Gasteiger partial charge in [-0.3, -0.25) is 24.5 Å². The van der Waals surface area contributed by atoms with E-state index >= 15 is 0 Å². The summed E-state index contributed by atoms with van der Waals surface area (Å²) in [6, 6.07) is 35.1. The van der Waals surface area contributed by atoms with Crippen LogP contribution in [0.5, 0.6) is 0 Å². The second-order valence-corrected chi connectivity index (χ2v) is 12.2. The number of nitrogens with zero attached hydrogens (tertiary/aromatic N) is 1. The zero-order valence-corrected chi connectivity index (χ0v) is 27.3. The average molecular weight is 698 g/mol. The number of anilines is 2. The van der Waals surface area contributed by atoms with Crippen molar-refractivity contribution in [1.29, 1.82) is 0 Å². The summed E-state index contributed by atoms with van der Waals surface area (Å²) in [4.78, 5) is 51.1. The van der Waals surface area contributed by atoms with Crippen LogP contribution in [0.4, 0.5) is 17.1 Å². The number of carbonyl (C=O) groups excluding carboxylic acids is 3. The molecule has 0 spiro atoms. The van der Waals surface area contributed by atoms with Gasteiger partial charge in [0, 0.05) is 34.0 Å². The minimum absolute atomic E-state index is 0.0569. The highest BCUT2D eigenvalue weighted by Crippen LogP contribution is 2.37.